The summed E-state index contributed by atoms with van der Waals surface area (Å²) in [4.78, 5) is 11.7. The van der Waals surface area contributed by atoms with E-state index in [1.807, 2.05) is 30.3 Å². The summed E-state index contributed by atoms with van der Waals surface area (Å²) in [7, 11) is -3.92. The number of hydrogen-bond acceptors (Lipinski definition) is 6. The van der Waals surface area contributed by atoms with Crippen molar-refractivity contribution < 1.29 is 22.7 Å². The van der Waals surface area contributed by atoms with Gasteiger partial charge in [-0.15, -0.1) is 0 Å². The zero-order chi connectivity index (χ0) is 21.4. The average Bonchev–Trinajstić information content (AvgIpc) is 2.77. The molecule has 3 aromatic carbocycles. The van der Waals surface area contributed by atoms with E-state index in [9.17, 15) is 13.2 Å². The van der Waals surface area contributed by atoms with E-state index in [1.54, 1.807) is 30.3 Å². The van der Waals surface area contributed by atoms with Gasteiger partial charge in [0, 0.05) is 5.69 Å². The highest BCUT2D eigenvalue weighted by Gasteiger charge is 2.17. The molecule has 152 valence electrons. The number of rotatable bonds is 8. The van der Waals surface area contributed by atoms with Crippen LogP contribution in [-0.4, -0.2) is 21.0 Å². The summed E-state index contributed by atoms with van der Waals surface area (Å²) in [5, 5.41) is 8.48. The number of ether oxygens (including phenoxy) is 2. The molecule has 0 fully saturated rings. The van der Waals surface area contributed by atoms with Crippen LogP contribution in [0.5, 0.6) is 5.75 Å². The number of sulfonamides is 1. The van der Waals surface area contributed by atoms with Crippen LogP contribution in [0.25, 0.3) is 0 Å². The van der Waals surface area contributed by atoms with Gasteiger partial charge in [0.2, 0.25) is 0 Å². The number of hydrogen-bond donors (Lipinski definition) is 1. The fourth-order valence-electron chi connectivity index (χ4n) is 2.55. The third kappa shape index (κ3) is 5.59. The monoisotopic (exact) mass is 422 g/mol. The number of carbonyl (C=O) groups is 1. The van der Waals surface area contributed by atoms with E-state index in [-0.39, 0.29) is 10.5 Å². The summed E-state index contributed by atoms with van der Waals surface area (Å²) in [6.45, 7) is -0.00659. The van der Waals surface area contributed by atoms with Gasteiger partial charge in [-0.05, 0) is 48.0 Å². The van der Waals surface area contributed by atoms with E-state index in [0.29, 0.717) is 18.0 Å². The third-order valence-corrected chi connectivity index (χ3v) is 5.38. The van der Waals surface area contributed by atoms with E-state index < -0.39 is 22.6 Å². The largest absolute Gasteiger partial charge is 0.489 e. The first-order valence-corrected chi connectivity index (χ1v) is 10.4. The lowest BCUT2D eigenvalue weighted by Crippen LogP contribution is -2.14. The van der Waals surface area contributed by atoms with Gasteiger partial charge in [-0.2, -0.15) is 5.26 Å². The molecule has 0 heterocycles. The molecule has 0 saturated carbocycles. The molecule has 0 aliphatic heterocycles. The molecule has 0 radical (unpaired) electrons. The number of nitrogens with one attached hydrogen (secondary N) is 1. The van der Waals surface area contributed by atoms with Crippen LogP contribution < -0.4 is 9.46 Å². The molecule has 3 rings (SSSR count). The molecule has 0 spiro atoms. The second kappa shape index (κ2) is 9.58. The van der Waals surface area contributed by atoms with Crippen molar-refractivity contribution in [2.24, 2.45) is 0 Å². The summed E-state index contributed by atoms with van der Waals surface area (Å²) in [5.41, 5.74) is 1.41. The van der Waals surface area contributed by atoms with Crippen LogP contribution in [0.1, 0.15) is 15.9 Å². The van der Waals surface area contributed by atoms with Crippen molar-refractivity contribution in [1.82, 2.24) is 0 Å². The van der Waals surface area contributed by atoms with Gasteiger partial charge in [-0.25, -0.2) is 13.2 Å². The number of esters is 1. The lowest BCUT2D eigenvalue weighted by molar-refractivity contribution is 0.0554. The minimum atomic E-state index is -3.92. The molecule has 3 aromatic rings. The second-order valence-corrected chi connectivity index (χ2v) is 7.85. The van der Waals surface area contributed by atoms with Gasteiger partial charge in [0.25, 0.3) is 10.0 Å². The molecule has 0 aliphatic carbocycles. The molecule has 0 aliphatic rings. The Hall–Kier alpha value is -3.83. The lowest BCUT2D eigenvalue weighted by atomic mass is 10.2. The quantitative estimate of drug-likeness (QED) is 0.554. The molecule has 1 N–H and O–H groups in total. The number of anilines is 1. The van der Waals surface area contributed by atoms with E-state index in [0.717, 1.165) is 5.56 Å². The van der Waals surface area contributed by atoms with Crippen LogP contribution >= 0.6 is 0 Å². The van der Waals surface area contributed by atoms with Crippen LogP contribution in [0.3, 0.4) is 0 Å². The maximum atomic E-state index is 12.6. The van der Waals surface area contributed by atoms with Crippen LogP contribution in [0, 0.1) is 11.3 Å². The standard InChI is InChI=1S/C22H18N2O5S/c23-13-14-28-22(25)18-7-4-8-21(15-18)30(26,27)24-19-9-11-20(12-10-19)29-16-17-5-2-1-3-6-17/h1-12,15,24H,14,16H2. The Bertz CT molecular complexity index is 1150. The van der Waals surface area contributed by atoms with Gasteiger partial charge in [0.1, 0.15) is 18.4 Å². The number of benzene rings is 3. The molecule has 0 saturated heterocycles. The first kappa shape index (κ1) is 20.9. The van der Waals surface area contributed by atoms with Crippen LogP contribution in [0.4, 0.5) is 5.69 Å². The maximum Gasteiger partial charge on any atom is 0.339 e. The predicted molar refractivity (Wildman–Crippen MR) is 110 cm³/mol. The predicted octanol–water partition coefficient (Wildman–Crippen LogP) is 3.75. The van der Waals surface area contributed by atoms with Crippen molar-refractivity contribution in [3.8, 4) is 11.8 Å². The Morgan fingerprint density at radius 2 is 1.70 bits per heavy atom. The Labute approximate surface area is 174 Å². The van der Waals surface area contributed by atoms with Crippen LogP contribution in [0.2, 0.25) is 0 Å². The van der Waals surface area contributed by atoms with Gasteiger partial charge in [-0.1, -0.05) is 36.4 Å². The molecule has 30 heavy (non-hydrogen) atoms. The van der Waals surface area contributed by atoms with Crippen LogP contribution in [-0.2, 0) is 21.4 Å². The second-order valence-electron chi connectivity index (χ2n) is 6.17. The third-order valence-electron chi connectivity index (χ3n) is 4.00. The van der Waals surface area contributed by atoms with E-state index in [4.69, 9.17) is 14.7 Å². The SMILES string of the molecule is N#CCOC(=O)c1cccc(S(=O)(=O)Nc2ccc(OCc3ccccc3)cc2)c1. The summed E-state index contributed by atoms with van der Waals surface area (Å²) < 4.78 is 38.1. The number of nitriles is 1. The first-order valence-electron chi connectivity index (χ1n) is 8.92. The maximum absolute atomic E-state index is 12.6. The fourth-order valence-corrected chi connectivity index (χ4v) is 3.65. The van der Waals surface area contributed by atoms with E-state index >= 15 is 0 Å². The average molecular weight is 422 g/mol. The van der Waals surface area contributed by atoms with E-state index in [2.05, 4.69) is 4.72 Å². The summed E-state index contributed by atoms with van der Waals surface area (Å²) in [5.74, 6) is -0.169. The first-order chi connectivity index (χ1) is 14.5. The normalized spacial score (nSPS) is 10.6. The molecule has 0 aromatic heterocycles. The molecular weight excluding hydrogens is 404 g/mol. The van der Waals surface area contributed by atoms with Crippen LogP contribution in [0.15, 0.2) is 83.8 Å². The topological polar surface area (TPSA) is 105 Å². The molecule has 7 nitrogen and oxygen atoms in total. The Balaban J connectivity index is 1.66. The Morgan fingerprint density at radius 1 is 0.967 bits per heavy atom. The van der Waals surface area contributed by atoms with Crippen molar-refractivity contribution in [3.63, 3.8) is 0 Å². The van der Waals surface area contributed by atoms with Crippen molar-refractivity contribution in [2.75, 3.05) is 11.3 Å². The summed E-state index contributed by atoms with van der Waals surface area (Å²) >= 11 is 0. The van der Waals surface area contributed by atoms with E-state index in [1.165, 1.54) is 24.3 Å². The zero-order valence-corrected chi connectivity index (χ0v) is 16.6. The van der Waals surface area contributed by atoms with Crippen molar-refractivity contribution in [2.45, 2.75) is 11.5 Å². The highest BCUT2D eigenvalue weighted by molar-refractivity contribution is 7.92. The highest BCUT2D eigenvalue weighted by Crippen LogP contribution is 2.21. The molecular formula is C22H18N2O5S. The van der Waals surface area contributed by atoms with Gasteiger partial charge in [0.05, 0.1) is 10.5 Å². The van der Waals surface area contributed by atoms with Gasteiger partial charge >= 0.3 is 5.97 Å². The number of nitrogens with zero attached hydrogens (tertiary/aromatic N) is 1. The van der Waals surface area contributed by atoms with Crippen molar-refractivity contribution >= 4 is 21.7 Å². The minimum Gasteiger partial charge on any atom is -0.489 e. The molecule has 0 atom stereocenters. The lowest BCUT2D eigenvalue weighted by Gasteiger charge is -2.11. The zero-order valence-electron chi connectivity index (χ0n) is 15.8. The Morgan fingerprint density at radius 3 is 2.40 bits per heavy atom. The summed E-state index contributed by atoms with van der Waals surface area (Å²) in [6.07, 6.45) is 0. The van der Waals surface area contributed by atoms with Gasteiger partial charge in [0.15, 0.2) is 6.61 Å². The minimum absolute atomic E-state index is 0.0396. The molecule has 0 unspecified atom stereocenters. The van der Waals surface area contributed by atoms with Gasteiger partial charge < -0.3 is 9.47 Å². The molecule has 0 bridgehead atoms. The smallest absolute Gasteiger partial charge is 0.339 e. The summed E-state index contributed by atoms with van der Waals surface area (Å²) in [6, 6.07) is 23.3. The van der Waals surface area contributed by atoms with Gasteiger partial charge in [-0.3, -0.25) is 4.72 Å². The van der Waals surface area contributed by atoms with Crippen molar-refractivity contribution in [3.05, 3.63) is 90.0 Å². The molecule has 0 amide bonds. The fraction of sp³-hybridized carbons (Fsp3) is 0.0909. The molecule has 8 heteroatoms. The highest BCUT2D eigenvalue weighted by atomic mass is 32.2. The number of carbonyl (C=O) groups excluding carboxylic acids is 1. The Kier molecular flexibility index (Phi) is 6.67. The van der Waals surface area contributed by atoms with Crippen molar-refractivity contribution in [1.29, 1.82) is 5.26 Å².